The first-order chi connectivity index (χ1) is 8.67. The molecular weight excluding hydrogens is 234 g/mol. The van der Waals surface area contributed by atoms with Gasteiger partial charge in [-0.25, -0.2) is 9.78 Å². The number of hydrogen-bond acceptors (Lipinski definition) is 4. The Morgan fingerprint density at radius 3 is 2.89 bits per heavy atom. The number of imidazole rings is 1. The van der Waals surface area contributed by atoms with Gasteiger partial charge in [0.15, 0.2) is 5.69 Å². The third kappa shape index (κ3) is 2.23. The lowest BCUT2D eigenvalue weighted by molar-refractivity contribution is 0.0519. The monoisotopic (exact) mass is 251 g/mol. The number of aromatic nitrogens is 2. The zero-order valence-electron chi connectivity index (χ0n) is 10.7. The van der Waals surface area contributed by atoms with Crippen LogP contribution in [0.15, 0.2) is 6.20 Å². The molecule has 0 atom stereocenters. The number of esters is 1. The highest BCUT2D eigenvalue weighted by molar-refractivity contribution is 5.95. The molecule has 1 aromatic rings. The number of nitrogens with zero attached hydrogens (tertiary/aromatic N) is 3. The smallest absolute Gasteiger partial charge is 0.358 e. The highest BCUT2D eigenvalue weighted by Crippen LogP contribution is 2.17. The summed E-state index contributed by atoms with van der Waals surface area (Å²) in [5.74, 6) is -0.263. The molecule has 1 amide bonds. The third-order valence-corrected chi connectivity index (χ3v) is 2.84. The van der Waals surface area contributed by atoms with Gasteiger partial charge < -0.3 is 14.2 Å². The van der Waals surface area contributed by atoms with Crippen molar-refractivity contribution >= 4 is 11.9 Å². The molecule has 1 aliphatic heterocycles. The van der Waals surface area contributed by atoms with E-state index in [0.29, 0.717) is 19.1 Å². The normalized spacial score (nSPS) is 13.9. The largest absolute Gasteiger partial charge is 0.461 e. The molecule has 0 unspecified atom stereocenters. The second kappa shape index (κ2) is 5.20. The first kappa shape index (κ1) is 12.6. The van der Waals surface area contributed by atoms with Gasteiger partial charge in [0.25, 0.3) is 5.91 Å². The number of fused-ring (bicyclic) bond motifs is 1. The molecule has 0 radical (unpaired) electrons. The molecular formula is C12H17N3O3. The van der Waals surface area contributed by atoms with Crippen molar-refractivity contribution in [2.75, 3.05) is 13.2 Å². The van der Waals surface area contributed by atoms with Crippen LogP contribution in [0.4, 0.5) is 0 Å². The molecule has 1 aromatic heterocycles. The Labute approximate surface area is 106 Å². The minimum Gasteiger partial charge on any atom is -0.461 e. The molecule has 18 heavy (non-hydrogen) atoms. The van der Waals surface area contributed by atoms with Gasteiger partial charge in [-0.3, -0.25) is 4.79 Å². The maximum Gasteiger partial charge on any atom is 0.358 e. The van der Waals surface area contributed by atoms with E-state index >= 15 is 0 Å². The van der Waals surface area contributed by atoms with Crippen molar-refractivity contribution in [3.05, 3.63) is 17.7 Å². The van der Waals surface area contributed by atoms with Crippen molar-refractivity contribution in [3.63, 3.8) is 0 Å². The SMILES string of the molecule is CCCCN1Cn2cc(C(=O)OCC)nc2C1=O. The predicted molar refractivity (Wildman–Crippen MR) is 64.1 cm³/mol. The second-order valence-corrected chi connectivity index (χ2v) is 4.20. The van der Waals surface area contributed by atoms with Crippen LogP contribution in [-0.4, -0.2) is 39.5 Å². The minimum atomic E-state index is -0.479. The van der Waals surface area contributed by atoms with E-state index in [2.05, 4.69) is 11.9 Å². The molecule has 0 aliphatic carbocycles. The topological polar surface area (TPSA) is 64.4 Å². The van der Waals surface area contributed by atoms with E-state index in [1.165, 1.54) is 0 Å². The van der Waals surface area contributed by atoms with Crippen molar-refractivity contribution in [3.8, 4) is 0 Å². The number of unbranched alkanes of at least 4 members (excludes halogenated alkanes) is 1. The average molecular weight is 251 g/mol. The lowest BCUT2D eigenvalue weighted by atomic mass is 10.3. The summed E-state index contributed by atoms with van der Waals surface area (Å²) in [6.45, 7) is 5.32. The molecule has 6 heteroatoms. The number of ether oxygens (including phenoxy) is 1. The summed E-state index contributed by atoms with van der Waals surface area (Å²) in [5, 5.41) is 0. The van der Waals surface area contributed by atoms with Crippen molar-refractivity contribution in [1.29, 1.82) is 0 Å². The summed E-state index contributed by atoms with van der Waals surface area (Å²) in [5.41, 5.74) is 0.204. The van der Waals surface area contributed by atoms with Gasteiger partial charge in [0.1, 0.15) is 0 Å². The van der Waals surface area contributed by atoms with Crippen LogP contribution in [0.2, 0.25) is 0 Å². The highest BCUT2D eigenvalue weighted by Gasteiger charge is 2.30. The Hall–Kier alpha value is -1.85. The quantitative estimate of drug-likeness (QED) is 0.739. The van der Waals surface area contributed by atoms with Crippen LogP contribution in [0.25, 0.3) is 0 Å². The standard InChI is InChI=1S/C12H17N3O3/c1-3-5-6-14-8-15-7-9(12(17)18-4-2)13-10(15)11(14)16/h7H,3-6,8H2,1-2H3. The minimum absolute atomic E-state index is 0.112. The fourth-order valence-corrected chi connectivity index (χ4v) is 1.91. The Balaban J connectivity index is 2.09. The van der Waals surface area contributed by atoms with Gasteiger partial charge in [-0.2, -0.15) is 0 Å². The van der Waals surface area contributed by atoms with Gasteiger partial charge in [-0.15, -0.1) is 0 Å². The maximum atomic E-state index is 12.0. The number of carbonyl (C=O) groups is 2. The average Bonchev–Trinajstić information content (AvgIpc) is 2.88. The van der Waals surface area contributed by atoms with Crippen molar-refractivity contribution in [2.45, 2.75) is 33.4 Å². The zero-order chi connectivity index (χ0) is 13.1. The fraction of sp³-hybridized carbons (Fsp3) is 0.583. The van der Waals surface area contributed by atoms with Gasteiger partial charge >= 0.3 is 5.97 Å². The van der Waals surface area contributed by atoms with E-state index in [0.717, 1.165) is 19.4 Å². The lowest BCUT2D eigenvalue weighted by Gasteiger charge is -2.13. The molecule has 0 fully saturated rings. The van der Waals surface area contributed by atoms with Crippen LogP contribution in [-0.2, 0) is 11.4 Å². The number of amides is 1. The first-order valence-corrected chi connectivity index (χ1v) is 6.21. The molecule has 0 saturated carbocycles. The molecule has 2 heterocycles. The van der Waals surface area contributed by atoms with Gasteiger partial charge in [0.05, 0.1) is 13.3 Å². The molecule has 0 bridgehead atoms. The fourth-order valence-electron chi connectivity index (χ4n) is 1.91. The molecule has 1 aliphatic rings. The summed E-state index contributed by atoms with van der Waals surface area (Å²) in [6.07, 6.45) is 3.60. The Bertz CT molecular complexity index is 467. The van der Waals surface area contributed by atoms with Crippen molar-refractivity contribution < 1.29 is 14.3 Å². The van der Waals surface area contributed by atoms with E-state index in [1.54, 1.807) is 22.6 Å². The van der Waals surface area contributed by atoms with E-state index in [1.807, 2.05) is 0 Å². The van der Waals surface area contributed by atoms with Crippen LogP contribution < -0.4 is 0 Å². The maximum absolute atomic E-state index is 12.0. The van der Waals surface area contributed by atoms with Crippen LogP contribution in [0.5, 0.6) is 0 Å². The number of hydrogen-bond donors (Lipinski definition) is 0. The Kier molecular flexibility index (Phi) is 3.64. The summed E-state index contributed by atoms with van der Waals surface area (Å²) in [6, 6.07) is 0. The molecule has 0 N–H and O–H groups in total. The first-order valence-electron chi connectivity index (χ1n) is 6.21. The Morgan fingerprint density at radius 2 is 2.28 bits per heavy atom. The van der Waals surface area contributed by atoms with Gasteiger partial charge in [-0.05, 0) is 13.3 Å². The van der Waals surface area contributed by atoms with Crippen LogP contribution in [0, 0.1) is 0 Å². The molecule has 6 nitrogen and oxygen atoms in total. The Morgan fingerprint density at radius 1 is 1.50 bits per heavy atom. The summed E-state index contributed by atoms with van der Waals surface area (Å²) in [7, 11) is 0. The summed E-state index contributed by atoms with van der Waals surface area (Å²) >= 11 is 0. The molecule has 98 valence electrons. The number of rotatable bonds is 5. The predicted octanol–water partition coefficient (Wildman–Crippen LogP) is 1.27. The van der Waals surface area contributed by atoms with E-state index in [-0.39, 0.29) is 11.6 Å². The zero-order valence-corrected chi connectivity index (χ0v) is 10.7. The molecule has 0 aromatic carbocycles. The van der Waals surface area contributed by atoms with Gasteiger partial charge in [0.2, 0.25) is 5.82 Å². The van der Waals surface area contributed by atoms with Crippen LogP contribution in [0.3, 0.4) is 0 Å². The van der Waals surface area contributed by atoms with Crippen molar-refractivity contribution in [1.82, 2.24) is 14.5 Å². The molecule has 2 rings (SSSR count). The van der Waals surface area contributed by atoms with Crippen molar-refractivity contribution in [2.24, 2.45) is 0 Å². The van der Waals surface area contributed by atoms with Crippen LogP contribution >= 0.6 is 0 Å². The van der Waals surface area contributed by atoms with E-state index in [9.17, 15) is 9.59 Å². The summed E-state index contributed by atoms with van der Waals surface area (Å²) in [4.78, 5) is 29.3. The van der Waals surface area contributed by atoms with E-state index in [4.69, 9.17) is 4.74 Å². The van der Waals surface area contributed by atoms with E-state index < -0.39 is 5.97 Å². The van der Waals surface area contributed by atoms with Gasteiger partial charge in [0, 0.05) is 12.7 Å². The summed E-state index contributed by atoms with van der Waals surface area (Å²) < 4.78 is 6.55. The van der Waals surface area contributed by atoms with Crippen LogP contribution in [0.1, 0.15) is 47.8 Å². The number of carbonyl (C=O) groups excluding carboxylic acids is 2. The lowest BCUT2D eigenvalue weighted by Crippen LogP contribution is -2.26. The second-order valence-electron chi connectivity index (χ2n) is 4.20. The molecule has 0 spiro atoms. The highest BCUT2D eigenvalue weighted by atomic mass is 16.5. The van der Waals surface area contributed by atoms with Gasteiger partial charge in [-0.1, -0.05) is 13.3 Å². The third-order valence-electron chi connectivity index (χ3n) is 2.84. The molecule has 0 saturated heterocycles.